The summed E-state index contributed by atoms with van der Waals surface area (Å²) in [4.78, 5) is 7.11. The number of hydrogen-bond donors (Lipinski definition) is 1. The zero-order valence-electron chi connectivity index (χ0n) is 11.8. The van der Waals surface area contributed by atoms with Crippen LogP contribution in [0.1, 0.15) is 47.0 Å². The summed E-state index contributed by atoms with van der Waals surface area (Å²) in [6.45, 7) is 12.3. The number of hydrogen-bond acceptors (Lipinski definition) is 1. The van der Waals surface area contributed by atoms with E-state index in [1.165, 1.54) is 19.3 Å². The van der Waals surface area contributed by atoms with Crippen molar-refractivity contribution in [2.75, 3.05) is 19.6 Å². The number of nitrogens with one attached hydrogen (secondary N) is 1. The van der Waals surface area contributed by atoms with Crippen molar-refractivity contribution in [3.05, 3.63) is 0 Å². The third kappa shape index (κ3) is 2.93. The van der Waals surface area contributed by atoms with Crippen LogP contribution in [-0.2, 0) is 0 Å². The lowest BCUT2D eigenvalue weighted by atomic mass is 9.87. The lowest BCUT2D eigenvalue weighted by molar-refractivity contribution is 0.321. The first-order valence-corrected chi connectivity index (χ1v) is 7.14. The molecule has 1 N–H and O–H groups in total. The standard InChI is InChI=1S/C14H27N3/c1-5-14(4)7-8-17(10-14)13(15-6-2)16-12-9-11(12)3/h11-12H,5-10H2,1-4H3,(H,15,16). The highest BCUT2D eigenvalue weighted by atomic mass is 15.3. The van der Waals surface area contributed by atoms with E-state index in [0.29, 0.717) is 11.5 Å². The van der Waals surface area contributed by atoms with Gasteiger partial charge in [-0.3, -0.25) is 4.99 Å². The molecule has 1 saturated heterocycles. The molecule has 2 rings (SSSR count). The van der Waals surface area contributed by atoms with Crippen molar-refractivity contribution in [2.24, 2.45) is 16.3 Å². The van der Waals surface area contributed by atoms with Crippen LogP contribution in [0.2, 0.25) is 0 Å². The summed E-state index contributed by atoms with van der Waals surface area (Å²) >= 11 is 0. The molecule has 1 aliphatic heterocycles. The van der Waals surface area contributed by atoms with Crippen molar-refractivity contribution in [3.8, 4) is 0 Å². The monoisotopic (exact) mass is 237 g/mol. The van der Waals surface area contributed by atoms with Crippen LogP contribution in [0.25, 0.3) is 0 Å². The van der Waals surface area contributed by atoms with E-state index in [2.05, 4.69) is 42.9 Å². The van der Waals surface area contributed by atoms with Gasteiger partial charge in [-0.1, -0.05) is 20.8 Å². The van der Waals surface area contributed by atoms with Gasteiger partial charge in [0.25, 0.3) is 0 Å². The van der Waals surface area contributed by atoms with Gasteiger partial charge in [0, 0.05) is 25.7 Å². The molecule has 2 aliphatic rings. The van der Waals surface area contributed by atoms with Gasteiger partial charge in [-0.2, -0.15) is 0 Å². The van der Waals surface area contributed by atoms with Crippen LogP contribution in [0, 0.1) is 11.3 Å². The Bertz CT molecular complexity index is 300. The number of likely N-dealkylation sites (tertiary alicyclic amines) is 1. The molecule has 17 heavy (non-hydrogen) atoms. The summed E-state index contributed by atoms with van der Waals surface area (Å²) in [6.07, 6.45) is 3.87. The van der Waals surface area contributed by atoms with Gasteiger partial charge in [-0.25, -0.2) is 0 Å². The predicted molar refractivity (Wildman–Crippen MR) is 73.3 cm³/mol. The molecule has 0 amide bonds. The molecule has 0 aromatic heterocycles. The molecule has 3 heteroatoms. The van der Waals surface area contributed by atoms with Gasteiger partial charge >= 0.3 is 0 Å². The van der Waals surface area contributed by atoms with Gasteiger partial charge in [0.15, 0.2) is 5.96 Å². The third-order valence-corrected chi connectivity index (χ3v) is 4.44. The summed E-state index contributed by atoms with van der Waals surface area (Å²) in [5, 5.41) is 3.62. The summed E-state index contributed by atoms with van der Waals surface area (Å²) in [5.41, 5.74) is 0.491. The molecule has 1 saturated carbocycles. The van der Waals surface area contributed by atoms with Crippen LogP contribution >= 0.6 is 0 Å². The Balaban J connectivity index is 1.95. The smallest absolute Gasteiger partial charge is 0.194 e. The fourth-order valence-corrected chi connectivity index (χ4v) is 2.57. The highest BCUT2D eigenvalue weighted by Crippen LogP contribution is 2.34. The molecule has 0 aromatic carbocycles. The number of nitrogens with zero attached hydrogens (tertiary/aromatic N) is 2. The molecule has 0 aromatic rings. The van der Waals surface area contributed by atoms with Gasteiger partial charge in [-0.05, 0) is 37.5 Å². The predicted octanol–water partition coefficient (Wildman–Crippen LogP) is 2.48. The van der Waals surface area contributed by atoms with Crippen LogP contribution in [0.4, 0.5) is 0 Å². The van der Waals surface area contributed by atoms with Crippen molar-refractivity contribution in [2.45, 2.75) is 53.0 Å². The molecule has 0 bridgehead atoms. The largest absolute Gasteiger partial charge is 0.353 e. The van der Waals surface area contributed by atoms with Crippen LogP contribution < -0.4 is 5.32 Å². The van der Waals surface area contributed by atoms with Crippen molar-refractivity contribution in [3.63, 3.8) is 0 Å². The Kier molecular flexibility index (Phi) is 3.64. The van der Waals surface area contributed by atoms with E-state index < -0.39 is 0 Å². The van der Waals surface area contributed by atoms with E-state index in [1.54, 1.807) is 0 Å². The second-order valence-corrected chi connectivity index (χ2v) is 6.10. The van der Waals surface area contributed by atoms with Crippen LogP contribution in [0.5, 0.6) is 0 Å². The lowest BCUT2D eigenvalue weighted by Gasteiger charge is -2.25. The van der Waals surface area contributed by atoms with Crippen LogP contribution in [0.15, 0.2) is 4.99 Å². The van der Waals surface area contributed by atoms with E-state index in [9.17, 15) is 0 Å². The SMILES string of the molecule is CCN=C(NC1CC1C)N1CCC(C)(CC)C1. The minimum absolute atomic E-state index is 0.491. The quantitative estimate of drug-likeness (QED) is 0.603. The summed E-state index contributed by atoms with van der Waals surface area (Å²) in [7, 11) is 0. The average molecular weight is 237 g/mol. The van der Waals surface area contributed by atoms with Gasteiger partial charge in [0.2, 0.25) is 0 Å². The van der Waals surface area contributed by atoms with Gasteiger partial charge in [0.1, 0.15) is 0 Å². The van der Waals surface area contributed by atoms with E-state index in [1.807, 2.05) is 0 Å². The van der Waals surface area contributed by atoms with Crippen LogP contribution in [-0.4, -0.2) is 36.5 Å². The minimum atomic E-state index is 0.491. The maximum absolute atomic E-state index is 4.65. The Morgan fingerprint density at radius 1 is 1.47 bits per heavy atom. The summed E-state index contributed by atoms with van der Waals surface area (Å²) < 4.78 is 0. The Hall–Kier alpha value is -0.730. The van der Waals surface area contributed by atoms with Gasteiger partial charge in [0.05, 0.1) is 0 Å². The average Bonchev–Trinajstić information content (AvgIpc) is 2.85. The molecule has 3 unspecified atom stereocenters. The summed E-state index contributed by atoms with van der Waals surface area (Å²) in [5.74, 6) is 1.98. The fraction of sp³-hybridized carbons (Fsp3) is 0.929. The molecule has 3 nitrogen and oxygen atoms in total. The molecule has 98 valence electrons. The zero-order valence-corrected chi connectivity index (χ0v) is 11.8. The Morgan fingerprint density at radius 2 is 2.18 bits per heavy atom. The van der Waals surface area contributed by atoms with Crippen LogP contribution in [0.3, 0.4) is 0 Å². The van der Waals surface area contributed by atoms with E-state index >= 15 is 0 Å². The topological polar surface area (TPSA) is 27.6 Å². The van der Waals surface area contributed by atoms with Crippen molar-refractivity contribution in [1.29, 1.82) is 0 Å². The molecular formula is C14H27N3. The van der Waals surface area contributed by atoms with Crippen molar-refractivity contribution in [1.82, 2.24) is 10.2 Å². The minimum Gasteiger partial charge on any atom is -0.353 e. The second kappa shape index (κ2) is 4.87. The molecule has 2 fully saturated rings. The van der Waals surface area contributed by atoms with E-state index in [-0.39, 0.29) is 0 Å². The maximum atomic E-state index is 4.65. The molecule has 3 atom stereocenters. The fourth-order valence-electron chi connectivity index (χ4n) is 2.57. The molecule has 0 radical (unpaired) electrons. The maximum Gasteiger partial charge on any atom is 0.194 e. The Labute approximate surface area is 106 Å². The third-order valence-electron chi connectivity index (χ3n) is 4.44. The first-order valence-electron chi connectivity index (χ1n) is 7.14. The van der Waals surface area contributed by atoms with Gasteiger partial charge < -0.3 is 10.2 Å². The number of aliphatic imine (C=N–C) groups is 1. The zero-order chi connectivity index (χ0) is 12.5. The lowest BCUT2D eigenvalue weighted by Crippen LogP contribution is -2.42. The summed E-state index contributed by atoms with van der Waals surface area (Å²) in [6, 6.07) is 0.675. The second-order valence-electron chi connectivity index (χ2n) is 6.10. The molecule has 0 spiro atoms. The highest BCUT2D eigenvalue weighted by molar-refractivity contribution is 5.81. The van der Waals surface area contributed by atoms with E-state index in [0.717, 1.165) is 31.5 Å². The van der Waals surface area contributed by atoms with Crippen molar-refractivity contribution >= 4 is 5.96 Å². The molecule has 1 heterocycles. The number of guanidine groups is 1. The van der Waals surface area contributed by atoms with Crippen molar-refractivity contribution < 1.29 is 0 Å². The Morgan fingerprint density at radius 3 is 2.65 bits per heavy atom. The molecule has 1 aliphatic carbocycles. The first-order chi connectivity index (χ1) is 8.08. The first kappa shape index (κ1) is 12.7. The highest BCUT2D eigenvalue weighted by Gasteiger charge is 2.37. The normalized spacial score (nSPS) is 37.4. The van der Waals surface area contributed by atoms with E-state index in [4.69, 9.17) is 0 Å². The number of rotatable bonds is 3. The molecular weight excluding hydrogens is 210 g/mol. The van der Waals surface area contributed by atoms with Gasteiger partial charge in [-0.15, -0.1) is 0 Å².